The molecule has 28 heavy (non-hydrogen) atoms. The van der Waals surface area contributed by atoms with Crippen LogP contribution in [0.1, 0.15) is 38.2 Å². The SMILES string of the molecule is CC(=O)N1c2ccc(C3CNN(C4CC4)C3)cc2N(COC2COC2)CC1C. The van der Waals surface area contributed by atoms with Gasteiger partial charge in [0.15, 0.2) is 0 Å². The highest BCUT2D eigenvalue weighted by Gasteiger charge is 2.36. The first-order chi connectivity index (χ1) is 13.6. The van der Waals surface area contributed by atoms with Crippen LogP contribution in [0.2, 0.25) is 0 Å². The van der Waals surface area contributed by atoms with Gasteiger partial charge in [0.25, 0.3) is 0 Å². The van der Waals surface area contributed by atoms with Crippen molar-refractivity contribution in [2.24, 2.45) is 0 Å². The highest BCUT2D eigenvalue weighted by molar-refractivity contribution is 5.97. The Morgan fingerprint density at radius 2 is 2.07 bits per heavy atom. The van der Waals surface area contributed by atoms with Crippen molar-refractivity contribution in [3.63, 3.8) is 0 Å². The highest BCUT2D eigenvalue weighted by Crippen LogP contribution is 2.39. The van der Waals surface area contributed by atoms with Crippen LogP contribution in [-0.2, 0) is 14.3 Å². The van der Waals surface area contributed by atoms with E-state index < -0.39 is 0 Å². The van der Waals surface area contributed by atoms with Crippen LogP contribution in [-0.4, -0.2) is 68.7 Å². The molecule has 0 aromatic heterocycles. The van der Waals surface area contributed by atoms with Crippen LogP contribution in [0.3, 0.4) is 0 Å². The molecule has 2 atom stereocenters. The maximum atomic E-state index is 12.3. The number of hydrazine groups is 1. The second-order valence-corrected chi connectivity index (χ2v) is 8.61. The Bertz CT molecular complexity index is 749. The van der Waals surface area contributed by atoms with Gasteiger partial charge in [0, 0.05) is 38.5 Å². The molecule has 1 N–H and O–H groups in total. The molecule has 7 nitrogen and oxygen atoms in total. The number of nitrogens with zero attached hydrogens (tertiary/aromatic N) is 3. The number of carbonyl (C=O) groups is 1. The zero-order chi connectivity index (χ0) is 19.3. The molecule has 1 aromatic rings. The number of carbonyl (C=O) groups excluding carboxylic acids is 1. The molecule has 2 unspecified atom stereocenters. The third-order valence-electron chi connectivity index (χ3n) is 6.35. The summed E-state index contributed by atoms with van der Waals surface area (Å²) in [5.74, 6) is 0.579. The van der Waals surface area contributed by atoms with Gasteiger partial charge in [-0.2, -0.15) is 0 Å². The number of benzene rings is 1. The summed E-state index contributed by atoms with van der Waals surface area (Å²) < 4.78 is 11.2. The second-order valence-electron chi connectivity index (χ2n) is 8.61. The lowest BCUT2D eigenvalue weighted by atomic mass is 9.97. The monoisotopic (exact) mass is 386 g/mol. The van der Waals surface area contributed by atoms with Crippen molar-refractivity contribution < 1.29 is 14.3 Å². The van der Waals surface area contributed by atoms with E-state index >= 15 is 0 Å². The maximum absolute atomic E-state index is 12.3. The molecule has 0 bridgehead atoms. The van der Waals surface area contributed by atoms with Gasteiger partial charge in [0.2, 0.25) is 5.91 Å². The Kier molecular flexibility index (Phi) is 4.79. The largest absolute Gasteiger partial charge is 0.376 e. The molecule has 3 heterocycles. The minimum atomic E-state index is 0.0944. The molecule has 7 heteroatoms. The molecule has 3 fully saturated rings. The zero-order valence-electron chi connectivity index (χ0n) is 16.8. The van der Waals surface area contributed by atoms with Crippen molar-refractivity contribution in [1.82, 2.24) is 10.4 Å². The minimum absolute atomic E-state index is 0.0944. The molecule has 3 aliphatic heterocycles. The first-order valence-corrected chi connectivity index (χ1v) is 10.5. The fraction of sp³-hybridized carbons (Fsp3) is 0.667. The van der Waals surface area contributed by atoms with Crippen LogP contribution in [0.4, 0.5) is 11.4 Å². The Labute approximate surface area is 166 Å². The van der Waals surface area contributed by atoms with Gasteiger partial charge in [0.05, 0.1) is 30.6 Å². The number of fused-ring (bicyclic) bond motifs is 1. The third kappa shape index (κ3) is 3.41. The van der Waals surface area contributed by atoms with Gasteiger partial charge in [-0.15, -0.1) is 0 Å². The van der Waals surface area contributed by atoms with Gasteiger partial charge in [-0.05, 0) is 37.5 Å². The average Bonchev–Trinajstić information content (AvgIpc) is 3.36. The van der Waals surface area contributed by atoms with Crippen LogP contribution in [0.5, 0.6) is 0 Å². The molecule has 152 valence electrons. The standard InChI is InChI=1S/C21H30N4O3/c1-14-9-23(13-28-19-11-27-12-19)21-7-16(3-6-20(21)25(14)15(2)26)17-8-22-24(10-17)18-4-5-18/h3,6-7,14,17-19,22H,4-5,8-13H2,1-2H3. The van der Waals surface area contributed by atoms with Crippen molar-refractivity contribution in [3.8, 4) is 0 Å². The summed E-state index contributed by atoms with van der Waals surface area (Å²) in [7, 11) is 0. The first-order valence-electron chi connectivity index (χ1n) is 10.5. The Morgan fingerprint density at radius 3 is 2.75 bits per heavy atom. The number of anilines is 2. The Balaban J connectivity index is 1.40. The summed E-state index contributed by atoms with van der Waals surface area (Å²) in [6.45, 7) is 8.48. The zero-order valence-corrected chi connectivity index (χ0v) is 16.8. The van der Waals surface area contributed by atoms with Crippen molar-refractivity contribution in [1.29, 1.82) is 0 Å². The number of hydrogen-bond acceptors (Lipinski definition) is 6. The molecular weight excluding hydrogens is 356 g/mol. The lowest BCUT2D eigenvalue weighted by molar-refractivity contribution is -0.129. The molecule has 1 aliphatic carbocycles. The van der Waals surface area contributed by atoms with E-state index in [4.69, 9.17) is 9.47 Å². The molecule has 5 rings (SSSR count). The lowest BCUT2D eigenvalue weighted by Gasteiger charge is -2.42. The summed E-state index contributed by atoms with van der Waals surface area (Å²) in [6, 6.07) is 7.46. The highest BCUT2D eigenvalue weighted by atomic mass is 16.6. The van der Waals surface area contributed by atoms with E-state index in [2.05, 4.69) is 40.5 Å². The van der Waals surface area contributed by atoms with Gasteiger partial charge in [-0.3, -0.25) is 10.2 Å². The molecule has 4 aliphatic rings. The Morgan fingerprint density at radius 1 is 1.25 bits per heavy atom. The van der Waals surface area contributed by atoms with E-state index in [1.807, 2.05) is 4.90 Å². The molecular formula is C21H30N4O3. The van der Waals surface area contributed by atoms with Crippen molar-refractivity contribution in [2.75, 3.05) is 49.4 Å². The normalized spacial score (nSPS) is 28.4. The van der Waals surface area contributed by atoms with Crippen LogP contribution in [0.15, 0.2) is 18.2 Å². The predicted octanol–water partition coefficient (Wildman–Crippen LogP) is 1.69. The molecule has 0 spiro atoms. The minimum Gasteiger partial charge on any atom is -0.376 e. The van der Waals surface area contributed by atoms with E-state index in [0.717, 1.165) is 37.1 Å². The molecule has 1 saturated carbocycles. The van der Waals surface area contributed by atoms with E-state index in [-0.39, 0.29) is 18.1 Å². The summed E-state index contributed by atoms with van der Waals surface area (Å²) in [6.07, 6.45) is 2.82. The summed E-state index contributed by atoms with van der Waals surface area (Å²) in [5.41, 5.74) is 7.00. The molecule has 0 radical (unpaired) electrons. The number of hydrogen-bond donors (Lipinski definition) is 1. The van der Waals surface area contributed by atoms with Crippen LogP contribution in [0.25, 0.3) is 0 Å². The quantitative estimate of drug-likeness (QED) is 0.831. The van der Waals surface area contributed by atoms with Crippen LogP contribution in [0, 0.1) is 0 Å². The number of amides is 1. The second kappa shape index (κ2) is 7.30. The van der Waals surface area contributed by atoms with E-state index in [9.17, 15) is 4.79 Å². The van der Waals surface area contributed by atoms with Gasteiger partial charge in [-0.25, -0.2) is 5.01 Å². The Hall–Kier alpha value is -1.67. The van der Waals surface area contributed by atoms with Gasteiger partial charge in [0.1, 0.15) is 12.8 Å². The fourth-order valence-electron chi connectivity index (χ4n) is 4.58. The van der Waals surface area contributed by atoms with E-state index in [1.54, 1.807) is 6.92 Å². The number of ether oxygens (including phenoxy) is 2. The van der Waals surface area contributed by atoms with Crippen molar-refractivity contribution in [3.05, 3.63) is 23.8 Å². The topological polar surface area (TPSA) is 57.3 Å². The number of nitrogens with one attached hydrogen (secondary N) is 1. The summed E-state index contributed by atoms with van der Waals surface area (Å²) in [5, 5.41) is 2.41. The van der Waals surface area contributed by atoms with Gasteiger partial charge in [-0.1, -0.05) is 6.07 Å². The van der Waals surface area contributed by atoms with Gasteiger partial charge < -0.3 is 19.3 Å². The molecule has 1 amide bonds. The first kappa shape index (κ1) is 18.4. The predicted molar refractivity (Wildman–Crippen MR) is 107 cm³/mol. The van der Waals surface area contributed by atoms with E-state index in [0.29, 0.717) is 25.9 Å². The number of rotatable bonds is 5. The van der Waals surface area contributed by atoms with Gasteiger partial charge >= 0.3 is 0 Å². The van der Waals surface area contributed by atoms with E-state index in [1.165, 1.54) is 18.4 Å². The van der Waals surface area contributed by atoms with Crippen molar-refractivity contribution >= 4 is 17.3 Å². The van der Waals surface area contributed by atoms with Crippen LogP contribution < -0.4 is 15.2 Å². The van der Waals surface area contributed by atoms with Crippen molar-refractivity contribution in [2.45, 2.75) is 50.8 Å². The average molecular weight is 386 g/mol. The summed E-state index contributed by atoms with van der Waals surface area (Å²) in [4.78, 5) is 16.5. The third-order valence-corrected chi connectivity index (χ3v) is 6.35. The lowest BCUT2D eigenvalue weighted by Crippen LogP contribution is -2.51. The smallest absolute Gasteiger partial charge is 0.224 e. The maximum Gasteiger partial charge on any atom is 0.224 e. The molecule has 1 aromatic carbocycles. The van der Waals surface area contributed by atoms with Crippen LogP contribution >= 0.6 is 0 Å². The fourth-order valence-corrected chi connectivity index (χ4v) is 4.58. The molecule has 2 saturated heterocycles. The summed E-state index contributed by atoms with van der Waals surface area (Å²) >= 11 is 0.